The molecule has 1 aliphatic heterocycles. The van der Waals surface area contributed by atoms with Gasteiger partial charge in [0.25, 0.3) is 0 Å². The zero-order chi connectivity index (χ0) is 16.8. The van der Waals surface area contributed by atoms with Crippen molar-refractivity contribution in [1.82, 2.24) is 10.2 Å². The second-order valence-electron chi connectivity index (χ2n) is 6.03. The van der Waals surface area contributed by atoms with Crippen molar-refractivity contribution in [3.63, 3.8) is 0 Å². The molecule has 1 aliphatic rings. The van der Waals surface area contributed by atoms with Gasteiger partial charge in [-0.1, -0.05) is 12.1 Å². The normalized spacial score (nSPS) is 16.1. The fourth-order valence-electron chi connectivity index (χ4n) is 2.63. The number of aryl methyl sites for hydroxylation is 2. The second-order valence-corrected chi connectivity index (χ2v) is 6.03. The van der Waals surface area contributed by atoms with Gasteiger partial charge in [-0.15, -0.1) is 0 Å². The van der Waals surface area contributed by atoms with Gasteiger partial charge in [0.15, 0.2) is 0 Å². The molecule has 1 fully saturated rings. The number of hydrogen-bond donors (Lipinski definition) is 2. The largest absolute Gasteiger partial charge is 0.490 e. The van der Waals surface area contributed by atoms with E-state index in [1.54, 1.807) is 0 Å². The van der Waals surface area contributed by atoms with E-state index < -0.39 is 5.97 Å². The van der Waals surface area contributed by atoms with Crippen molar-refractivity contribution in [3.8, 4) is 5.75 Å². The fraction of sp³-hybridized carbons (Fsp3) is 0.529. The Kier molecular flexibility index (Phi) is 5.98. The lowest BCUT2D eigenvalue weighted by atomic mass is 10.1. The molecule has 0 saturated carbocycles. The minimum absolute atomic E-state index is 0.161. The summed E-state index contributed by atoms with van der Waals surface area (Å²) in [5, 5.41) is 10.9. The molecule has 0 bridgehead atoms. The highest BCUT2D eigenvalue weighted by atomic mass is 16.5. The molecule has 1 saturated heterocycles. The quantitative estimate of drug-likeness (QED) is 0.827. The van der Waals surface area contributed by atoms with E-state index in [2.05, 4.69) is 23.5 Å². The first-order valence-corrected chi connectivity index (χ1v) is 7.89. The molecule has 0 unspecified atom stereocenters. The van der Waals surface area contributed by atoms with Crippen molar-refractivity contribution in [2.75, 3.05) is 26.2 Å². The number of carboxylic acid groups (broad SMARTS) is 1. The summed E-state index contributed by atoms with van der Waals surface area (Å²) in [4.78, 5) is 24.1. The van der Waals surface area contributed by atoms with Crippen LogP contribution < -0.4 is 10.1 Å². The van der Waals surface area contributed by atoms with Crippen molar-refractivity contribution in [2.45, 2.75) is 32.8 Å². The van der Waals surface area contributed by atoms with Crippen molar-refractivity contribution < 1.29 is 19.4 Å². The van der Waals surface area contributed by atoms with Gasteiger partial charge in [0.05, 0.1) is 6.54 Å². The average Bonchev–Trinajstić information content (AvgIpc) is 2.51. The van der Waals surface area contributed by atoms with E-state index in [0.717, 1.165) is 37.2 Å². The highest BCUT2D eigenvalue weighted by molar-refractivity contribution is 5.82. The Hall–Kier alpha value is -2.08. The van der Waals surface area contributed by atoms with E-state index in [1.807, 2.05) is 18.7 Å². The second kappa shape index (κ2) is 7.97. The number of ether oxygens (including phenoxy) is 1. The zero-order valence-corrected chi connectivity index (χ0v) is 13.7. The number of aliphatic carboxylic acids is 1. The lowest BCUT2D eigenvalue weighted by Gasteiger charge is -2.32. The van der Waals surface area contributed by atoms with E-state index in [9.17, 15) is 9.59 Å². The molecule has 1 heterocycles. The number of carbonyl (C=O) groups is 2. The molecule has 1 aromatic rings. The first-order chi connectivity index (χ1) is 10.9. The van der Waals surface area contributed by atoms with Crippen LogP contribution in [0, 0.1) is 13.8 Å². The molecule has 0 radical (unpaired) electrons. The topological polar surface area (TPSA) is 78.9 Å². The molecule has 23 heavy (non-hydrogen) atoms. The molecule has 6 heteroatoms. The minimum atomic E-state index is -1.03. The monoisotopic (exact) mass is 320 g/mol. The highest BCUT2D eigenvalue weighted by Crippen LogP contribution is 2.23. The van der Waals surface area contributed by atoms with Crippen LogP contribution in [-0.2, 0) is 9.59 Å². The number of piperidine rings is 1. The summed E-state index contributed by atoms with van der Waals surface area (Å²) in [5.74, 6) is -0.345. The number of rotatable bonds is 6. The van der Waals surface area contributed by atoms with Crippen LogP contribution in [-0.4, -0.2) is 54.2 Å². The van der Waals surface area contributed by atoms with Crippen molar-refractivity contribution in [2.24, 2.45) is 0 Å². The van der Waals surface area contributed by atoms with Gasteiger partial charge in [-0.2, -0.15) is 0 Å². The van der Waals surface area contributed by atoms with Gasteiger partial charge in [-0.05, 0) is 43.9 Å². The molecular formula is C17H24N2O4. The van der Waals surface area contributed by atoms with Gasteiger partial charge in [0.1, 0.15) is 18.4 Å². The van der Waals surface area contributed by atoms with Gasteiger partial charge in [-0.25, -0.2) is 0 Å². The lowest BCUT2D eigenvalue weighted by Crippen LogP contribution is -2.44. The van der Waals surface area contributed by atoms with Gasteiger partial charge in [0, 0.05) is 13.1 Å². The van der Waals surface area contributed by atoms with Gasteiger partial charge < -0.3 is 15.2 Å². The summed E-state index contributed by atoms with van der Waals surface area (Å²) in [5.41, 5.74) is 2.31. The van der Waals surface area contributed by atoms with Gasteiger partial charge in [-0.3, -0.25) is 14.5 Å². The van der Waals surface area contributed by atoms with Crippen LogP contribution in [0.1, 0.15) is 24.0 Å². The van der Waals surface area contributed by atoms with Crippen LogP contribution in [0.15, 0.2) is 18.2 Å². The fourth-order valence-corrected chi connectivity index (χ4v) is 2.63. The molecule has 1 amide bonds. The van der Waals surface area contributed by atoms with Crippen LogP contribution >= 0.6 is 0 Å². The molecule has 2 N–H and O–H groups in total. The third-order valence-corrected chi connectivity index (χ3v) is 3.98. The number of amides is 1. The number of nitrogens with one attached hydrogen (secondary N) is 1. The van der Waals surface area contributed by atoms with E-state index in [1.165, 1.54) is 5.56 Å². The molecule has 1 aromatic carbocycles. The molecule has 6 nitrogen and oxygen atoms in total. The standard InChI is InChI=1S/C17H24N2O4/c1-12-3-4-13(2)15(9-12)23-14-5-7-19(8-6-14)11-16(20)18-10-17(21)22/h3-4,9,14H,5-8,10-11H2,1-2H3,(H,18,20)(H,21,22). The van der Waals surface area contributed by atoms with Crippen molar-refractivity contribution >= 4 is 11.9 Å². The molecule has 0 spiro atoms. The third kappa shape index (κ3) is 5.56. The number of carboxylic acids is 1. The summed E-state index contributed by atoms with van der Waals surface area (Å²) >= 11 is 0. The van der Waals surface area contributed by atoms with E-state index in [-0.39, 0.29) is 25.1 Å². The number of hydrogen-bond acceptors (Lipinski definition) is 4. The molecule has 126 valence electrons. The summed E-state index contributed by atoms with van der Waals surface area (Å²) < 4.78 is 6.09. The smallest absolute Gasteiger partial charge is 0.322 e. The molecule has 0 atom stereocenters. The Bertz CT molecular complexity index is 566. The maximum absolute atomic E-state index is 11.6. The molecular weight excluding hydrogens is 296 g/mol. The van der Waals surface area contributed by atoms with Crippen LogP contribution in [0.25, 0.3) is 0 Å². The Balaban J connectivity index is 1.76. The van der Waals surface area contributed by atoms with Gasteiger partial charge in [0.2, 0.25) is 5.91 Å². The highest BCUT2D eigenvalue weighted by Gasteiger charge is 2.22. The number of carbonyl (C=O) groups excluding carboxylic acids is 1. The van der Waals surface area contributed by atoms with E-state index >= 15 is 0 Å². The van der Waals surface area contributed by atoms with Crippen molar-refractivity contribution in [3.05, 3.63) is 29.3 Å². The number of nitrogens with zero attached hydrogens (tertiary/aromatic N) is 1. The first-order valence-electron chi connectivity index (χ1n) is 7.89. The van der Waals surface area contributed by atoms with Crippen LogP contribution in [0.2, 0.25) is 0 Å². The van der Waals surface area contributed by atoms with Crippen LogP contribution in [0.3, 0.4) is 0 Å². The predicted octanol–water partition coefficient (Wildman–Crippen LogP) is 1.35. The first kappa shape index (κ1) is 17.3. The summed E-state index contributed by atoms with van der Waals surface area (Å²) in [6.45, 7) is 5.54. The van der Waals surface area contributed by atoms with Crippen molar-refractivity contribution in [1.29, 1.82) is 0 Å². The maximum Gasteiger partial charge on any atom is 0.322 e. The Morgan fingerprint density at radius 2 is 2.00 bits per heavy atom. The van der Waals surface area contributed by atoms with Gasteiger partial charge >= 0.3 is 5.97 Å². The zero-order valence-electron chi connectivity index (χ0n) is 13.7. The number of benzene rings is 1. The average molecular weight is 320 g/mol. The third-order valence-electron chi connectivity index (χ3n) is 3.98. The van der Waals surface area contributed by atoms with Crippen LogP contribution in [0.4, 0.5) is 0 Å². The molecule has 2 rings (SSSR count). The Morgan fingerprint density at radius 1 is 1.30 bits per heavy atom. The lowest BCUT2D eigenvalue weighted by molar-refractivity contribution is -0.138. The molecule has 0 aliphatic carbocycles. The van der Waals surface area contributed by atoms with E-state index in [0.29, 0.717) is 0 Å². The Labute approximate surface area is 136 Å². The summed E-state index contributed by atoms with van der Waals surface area (Å²) in [6.07, 6.45) is 1.88. The predicted molar refractivity (Wildman–Crippen MR) is 86.7 cm³/mol. The van der Waals surface area contributed by atoms with Crippen LogP contribution in [0.5, 0.6) is 5.75 Å². The number of likely N-dealkylation sites (tertiary alicyclic amines) is 1. The SMILES string of the molecule is Cc1ccc(C)c(OC2CCN(CC(=O)NCC(=O)O)CC2)c1. The maximum atomic E-state index is 11.6. The summed E-state index contributed by atoms with van der Waals surface area (Å²) in [7, 11) is 0. The summed E-state index contributed by atoms with van der Waals surface area (Å²) in [6, 6.07) is 6.19. The Morgan fingerprint density at radius 3 is 2.65 bits per heavy atom. The van der Waals surface area contributed by atoms with E-state index in [4.69, 9.17) is 9.84 Å². The molecule has 0 aromatic heterocycles. The minimum Gasteiger partial charge on any atom is -0.490 e.